The number of carbonyl (C=O) groups excluding carboxylic acids is 1. The molecule has 17 heavy (non-hydrogen) atoms. The third-order valence-corrected chi connectivity index (χ3v) is 3.27. The molecule has 0 atom stereocenters. The lowest BCUT2D eigenvalue weighted by atomic mass is 10.1. The Labute approximate surface area is 103 Å². The zero-order valence-corrected chi connectivity index (χ0v) is 10.8. The third kappa shape index (κ3) is 2.78. The van der Waals surface area contributed by atoms with Gasteiger partial charge in [0.15, 0.2) is 0 Å². The number of hydrogen-bond acceptors (Lipinski definition) is 2. The summed E-state index contributed by atoms with van der Waals surface area (Å²) in [5.74, 6) is 0.0468. The summed E-state index contributed by atoms with van der Waals surface area (Å²) >= 11 is 0. The zero-order chi connectivity index (χ0) is 12.5. The number of rotatable bonds is 4. The first-order chi connectivity index (χ1) is 8.04. The van der Waals surface area contributed by atoms with Crippen LogP contribution in [0, 0.1) is 6.92 Å². The summed E-state index contributed by atoms with van der Waals surface area (Å²) in [7, 11) is 0. The van der Waals surface area contributed by atoms with Gasteiger partial charge in [0.1, 0.15) is 0 Å². The van der Waals surface area contributed by atoms with Crippen LogP contribution in [0.25, 0.3) is 0 Å². The number of carbonyl (C=O) groups is 1. The fraction of sp³-hybridized carbons (Fsp3) is 0.500. The van der Waals surface area contributed by atoms with Crippen molar-refractivity contribution in [2.75, 3.05) is 11.9 Å². The molecule has 0 heterocycles. The van der Waals surface area contributed by atoms with Gasteiger partial charge < -0.3 is 10.6 Å². The second-order valence-corrected chi connectivity index (χ2v) is 5.07. The molecule has 0 saturated heterocycles. The minimum atomic E-state index is 0.0455. The second kappa shape index (κ2) is 4.40. The van der Waals surface area contributed by atoms with Gasteiger partial charge in [0.05, 0.1) is 0 Å². The van der Waals surface area contributed by atoms with Crippen molar-refractivity contribution >= 4 is 11.6 Å². The van der Waals surface area contributed by atoms with Crippen LogP contribution in [-0.2, 0) is 0 Å². The van der Waals surface area contributed by atoms with E-state index in [1.54, 1.807) is 0 Å². The van der Waals surface area contributed by atoms with Gasteiger partial charge in [-0.3, -0.25) is 4.79 Å². The molecule has 2 N–H and O–H groups in total. The maximum absolute atomic E-state index is 12.1. The Kier molecular flexibility index (Phi) is 3.09. The number of anilines is 1. The van der Waals surface area contributed by atoms with E-state index in [9.17, 15) is 4.79 Å². The summed E-state index contributed by atoms with van der Waals surface area (Å²) in [6.45, 7) is 7.02. The monoisotopic (exact) mass is 232 g/mol. The van der Waals surface area contributed by atoms with E-state index < -0.39 is 0 Å². The Morgan fingerprint density at radius 2 is 2.12 bits per heavy atom. The minimum Gasteiger partial charge on any atom is -0.385 e. The van der Waals surface area contributed by atoms with Crippen LogP contribution in [-0.4, -0.2) is 18.0 Å². The summed E-state index contributed by atoms with van der Waals surface area (Å²) in [4.78, 5) is 12.1. The van der Waals surface area contributed by atoms with Gasteiger partial charge >= 0.3 is 0 Å². The summed E-state index contributed by atoms with van der Waals surface area (Å²) in [5, 5.41) is 6.32. The van der Waals surface area contributed by atoms with Crippen LogP contribution >= 0.6 is 0 Å². The normalized spacial score (nSPS) is 16.4. The largest absolute Gasteiger partial charge is 0.385 e. The van der Waals surface area contributed by atoms with Crippen LogP contribution in [0.2, 0.25) is 0 Å². The van der Waals surface area contributed by atoms with Crippen LogP contribution in [0.1, 0.15) is 42.6 Å². The van der Waals surface area contributed by atoms with Crippen LogP contribution in [0.3, 0.4) is 0 Å². The van der Waals surface area contributed by atoms with Gasteiger partial charge in [-0.1, -0.05) is 0 Å². The molecule has 3 heteroatoms. The van der Waals surface area contributed by atoms with E-state index in [0.29, 0.717) is 0 Å². The molecule has 1 aliphatic rings. The molecular formula is C14H20N2O. The zero-order valence-electron chi connectivity index (χ0n) is 10.8. The van der Waals surface area contributed by atoms with E-state index in [-0.39, 0.29) is 11.4 Å². The molecule has 1 aromatic carbocycles. The highest BCUT2D eigenvalue weighted by Gasteiger charge is 2.38. The van der Waals surface area contributed by atoms with E-state index in [1.165, 1.54) is 0 Å². The van der Waals surface area contributed by atoms with Gasteiger partial charge in [0.2, 0.25) is 0 Å². The first-order valence-corrected chi connectivity index (χ1v) is 6.21. The van der Waals surface area contributed by atoms with Gasteiger partial charge in [-0.2, -0.15) is 0 Å². The first kappa shape index (κ1) is 12.0. The van der Waals surface area contributed by atoms with Crippen molar-refractivity contribution in [3.63, 3.8) is 0 Å². The number of aryl methyl sites for hydroxylation is 1. The molecular weight excluding hydrogens is 212 g/mol. The Morgan fingerprint density at radius 1 is 1.41 bits per heavy atom. The van der Waals surface area contributed by atoms with E-state index in [2.05, 4.69) is 24.5 Å². The van der Waals surface area contributed by atoms with Crippen molar-refractivity contribution < 1.29 is 4.79 Å². The summed E-state index contributed by atoms with van der Waals surface area (Å²) in [6, 6.07) is 5.88. The van der Waals surface area contributed by atoms with Crippen LogP contribution in [0.15, 0.2) is 18.2 Å². The molecule has 0 aromatic heterocycles. The summed E-state index contributed by atoms with van der Waals surface area (Å²) < 4.78 is 0. The van der Waals surface area contributed by atoms with E-state index in [1.807, 2.05) is 25.1 Å². The van der Waals surface area contributed by atoms with Crippen molar-refractivity contribution in [3.05, 3.63) is 29.3 Å². The molecule has 1 saturated carbocycles. The molecule has 3 nitrogen and oxygen atoms in total. The fourth-order valence-corrected chi connectivity index (χ4v) is 1.89. The Hall–Kier alpha value is -1.51. The average molecular weight is 232 g/mol. The number of nitrogens with one attached hydrogen (secondary N) is 2. The van der Waals surface area contributed by atoms with E-state index >= 15 is 0 Å². The molecule has 1 aromatic rings. The lowest BCUT2D eigenvalue weighted by molar-refractivity contribution is 0.0935. The summed E-state index contributed by atoms with van der Waals surface area (Å²) in [5.41, 5.74) is 2.91. The summed E-state index contributed by atoms with van der Waals surface area (Å²) in [6.07, 6.45) is 2.18. The Morgan fingerprint density at radius 3 is 2.65 bits per heavy atom. The molecule has 0 aliphatic heterocycles. The maximum Gasteiger partial charge on any atom is 0.251 e. The lowest BCUT2D eigenvalue weighted by Gasteiger charge is -2.14. The number of amides is 1. The van der Waals surface area contributed by atoms with E-state index in [0.717, 1.165) is 36.2 Å². The van der Waals surface area contributed by atoms with Crippen molar-refractivity contribution in [1.29, 1.82) is 0 Å². The first-order valence-electron chi connectivity index (χ1n) is 6.21. The van der Waals surface area contributed by atoms with Gasteiger partial charge in [-0.25, -0.2) is 0 Å². The third-order valence-electron chi connectivity index (χ3n) is 3.27. The Balaban J connectivity index is 2.12. The highest BCUT2D eigenvalue weighted by atomic mass is 16.1. The molecule has 1 fully saturated rings. The van der Waals surface area contributed by atoms with Crippen LogP contribution in [0.4, 0.5) is 5.69 Å². The van der Waals surface area contributed by atoms with Crippen molar-refractivity contribution in [3.8, 4) is 0 Å². The smallest absolute Gasteiger partial charge is 0.251 e. The second-order valence-electron chi connectivity index (χ2n) is 5.07. The Bertz CT molecular complexity index is 436. The van der Waals surface area contributed by atoms with Crippen molar-refractivity contribution in [2.24, 2.45) is 0 Å². The average Bonchev–Trinajstić information content (AvgIpc) is 2.96. The van der Waals surface area contributed by atoms with E-state index in [4.69, 9.17) is 0 Å². The molecule has 0 unspecified atom stereocenters. The number of hydrogen-bond donors (Lipinski definition) is 2. The molecule has 0 radical (unpaired) electrons. The SMILES string of the molecule is CCNc1ccc(C(=O)NC2(C)CC2)c(C)c1. The molecule has 0 bridgehead atoms. The van der Waals surface area contributed by atoms with Crippen molar-refractivity contribution in [2.45, 2.75) is 39.2 Å². The topological polar surface area (TPSA) is 41.1 Å². The molecule has 2 rings (SSSR count). The molecule has 1 amide bonds. The standard InChI is InChI=1S/C14H20N2O/c1-4-15-11-5-6-12(10(2)9-11)13(17)16-14(3)7-8-14/h5-6,9,15H,4,7-8H2,1-3H3,(H,16,17). The number of benzene rings is 1. The van der Waals surface area contributed by atoms with Gasteiger partial charge in [0.25, 0.3) is 5.91 Å². The fourth-order valence-electron chi connectivity index (χ4n) is 1.89. The molecule has 1 aliphatic carbocycles. The van der Waals surface area contributed by atoms with Gasteiger partial charge in [0, 0.05) is 23.3 Å². The minimum absolute atomic E-state index is 0.0455. The highest BCUT2D eigenvalue weighted by molar-refractivity contribution is 5.96. The van der Waals surface area contributed by atoms with Crippen LogP contribution < -0.4 is 10.6 Å². The highest BCUT2D eigenvalue weighted by Crippen LogP contribution is 2.34. The van der Waals surface area contributed by atoms with Gasteiger partial charge in [-0.15, -0.1) is 0 Å². The van der Waals surface area contributed by atoms with Gasteiger partial charge in [-0.05, 0) is 57.4 Å². The predicted octanol–water partition coefficient (Wildman–Crippen LogP) is 2.71. The molecule has 0 spiro atoms. The lowest BCUT2D eigenvalue weighted by Crippen LogP contribution is -2.34. The molecule has 92 valence electrons. The van der Waals surface area contributed by atoms with Crippen LogP contribution in [0.5, 0.6) is 0 Å². The van der Waals surface area contributed by atoms with Crippen molar-refractivity contribution in [1.82, 2.24) is 5.32 Å². The quantitative estimate of drug-likeness (QED) is 0.838. The maximum atomic E-state index is 12.1. The predicted molar refractivity (Wildman–Crippen MR) is 70.4 cm³/mol.